The van der Waals surface area contributed by atoms with Gasteiger partial charge in [0.2, 0.25) is 0 Å². The average molecular weight is 331 g/mol. The van der Waals surface area contributed by atoms with Gasteiger partial charge >= 0.3 is 5.97 Å². The molecule has 5 nitrogen and oxygen atoms in total. The molecule has 0 amide bonds. The Labute approximate surface area is 139 Å². The molecule has 0 aliphatic heterocycles. The van der Waals surface area contributed by atoms with Crippen molar-refractivity contribution in [3.8, 4) is 5.75 Å². The fourth-order valence-electron chi connectivity index (χ4n) is 1.71. The molecular weight excluding hydrogens is 316 g/mol. The Morgan fingerprint density at radius 1 is 1.17 bits per heavy atom. The molecule has 0 aliphatic carbocycles. The van der Waals surface area contributed by atoms with E-state index in [0.717, 1.165) is 0 Å². The number of hydrogen-bond donors (Lipinski definition) is 1. The molecule has 0 saturated heterocycles. The molecule has 2 aromatic carbocycles. The Morgan fingerprint density at radius 3 is 2.52 bits per heavy atom. The lowest BCUT2D eigenvalue weighted by atomic mass is 10.2. The van der Waals surface area contributed by atoms with Crippen LogP contribution in [0.25, 0.3) is 6.08 Å². The van der Waals surface area contributed by atoms with Crippen molar-refractivity contribution in [2.75, 3.05) is 7.11 Å². The molecular formula is C17H15ClN2O3. The number of nitrogens with zero attached hydrogens (tertiary/aromatic N) is 1. The Morgan fingerprint density at radius 2 is 1.87 bits per heavy atom. The van der Waals surface area contributed by atoms with Crippen LogP contribution in [0.1, 0.15) is 11.1 Å². The Kier molecular flexibility index (Phi) is 5.77. The molecule has 0 radical (unpaired) electrons. The number of methoxy groups -OCH3 is 1. The number of ether oxygens (including phenoxy) is 1. The van der Waals surface area contributed by atoms with Gasteiger partial charge in [0.15, 0.2) is 5.84 Å². The summed E-state index contributed by atoms with van der Waals surface area (Å²) in [5.41, 5.74) is 7.08. The molecule has 6 heteroatoms. The first-order valence-corrected chi connectivity index (χ1v) is 7.09. The number of amidine groups is 1. The van der Waals surface area contributed by atoms with E-state index in [1.165, 1.54) is 6.08 Å². The zero-order valence-electron chi connectivity index (χ0n) is 12.4. The van der Waals surface area contributed by atoms with Crippen LogP contribution >= 0.6 is 11.6 Å². The first kappa shape index (κ1) is 16.6. The lowest BCUT2D eigenvalue weighted by Gasteiger charge is -2.02. The van der Waals surface area contributed by atoms with Crippen LogP contribution in [0.15, 0.2) is 59.8 Å². The summed E-state index contributed by atoms with van der Waals surface area (Å²) in [7, 11) is 1.57. The van der Waals surface area contributed by atoms with Gasteiger partial charge in [-0.05, 0) is 42.0 Å². The van der Waals surface area contributed by atoms with Crippen LogP contribution in [0.4, 0.5) is 0 Å². The van der Waals surface area contributed by atoms with Gasteiger partial charge < -0.3 is 15.3 Å². The van der Waals surface area contributed by atoms with Crippen LogP contribution < -0.4 is 10.5 Å². The van der Waals surface area contributed by atoms with Gasteiger partial charge in [0, 0.05) is 16.7 Å². The second-order valence-electron chi connectivity index (χ2n) is 4.47. The van der Waals surface area contributed by atoms with Crippen LogP contribution in [-0.4, -0.2) is 18.9 Å². The van der Waals surface area contributed by atoms with Crippen molar-refractivity contribution in [3.63, 3.8) is 0 Å². The topological polar surface area (TPSA) is 73.9 Å². The number of benzene rings is 2. The van der Waals surface area contributed by atoms with Crippen molar-refractivity contribution in [1.82, 2.24) is 0 Å². The van der Waals surface area contributed by atoms with Crippen LogP contribution in [0.3, 0.4) is 0 Å². The summed E-state index contributed by atoms with van der Waals surface area (Å²) < 4.78 is 5.04. The summed E-state index contributed by atoms with van der Waals surface area (Å²) in [6, 6.07) is 14.0. The number of rotatable bonds is 5. The molecule has 23 heavy (non-hydrogen) atoms. The number of carbonyl (C=O) groups excluding carboxylic acids is 1. The second kappa shape index (κ2) is 8.00. The van der Waals surface area contributed by atoms with Gasteiger partial charge in [-0.3, -0.25) is 0 Å². The summed E-state index contributed by atoms with van der Waals surface area (Å²) in [4.78, 5) is 16.4. The zero-order valence-corrected chi connectivity index (χ0v) is 13.2. The summed E-state index contributed by atoms with van der Waals surface area (Å²) in [6.07, 6.45) is 2.77. The van der Waals surface area contributed by atoms with Crippen molar-refractivity contribution in [2.24, 2.45) is 10.9 Å². The van der Waals surface area contributed by atoms with Gasteiger partial charge in [0.1, 0.15) is 5.75 Å². The summed E-state index contributed by atoms with van der Waals surface area (Å²) in [5.74, 6) is 0.134. The normalized spacial score (nSPS) is 11.5. The first-order chi connectivity index (χ1) is 11.1. The third-order valence-corrected chi connectivity index (χ3v) is 3.27. The maximum absolute atomic E-state index is 11.6. The van der Waals surface area contributed by atoms with Gasteiger partial charge in [-0.1, -0.05) is 35.0 Å². The van der Waals surface area contributed by atoms with Crippen molar-refractivity contribution in [1.29, 1.82) is 0 Å². The molecule has 2 rings (SSSR count). The summed E-state index contributed by atoms with van der Waals surface area (Å²) >= 11 is 5.98. The number of carbonyl (C=O) groups is 1. The van der Waals surface area contributed by atoms with Crippen molar-refractivity contribution in [3.05, 3.63) is 70.8 Å². The SMILES string of the molecule is COc1ccc(/C(N)=N\OC(=O)/C=C/c2ccccc2Cl)cc1. The van der Waals surface area contributed by atoms with E-state index in [2.05, 4.69) is 5.16 Å². The fourth-order valence-corrected chi connectivity index (χ4v) is 1.91. The Hall–Kier alpha value is -2.79. The Bertz CT molecular complexity index is 740. The van der Waals surface area contributed by atoms with E-state index in [1.54, 1.807) is 55.7 Å². The molecule has 0 heterocycles. The molecule has 2 aromatic rings. The molecule has 0 fully saturated rings. The molecule has 0 spiro atoms. The van der Waals surface area contributed by atoms with E-state index in [0.29, 0.717) is 21.9 Å². The first-order valence-electron chi connectivity index (χ1n) is 6.71. The van der Waals surface area contributed by atoms with E-state index in [4.69, 9.17) is 26.9 Å². The molecule has 0 atom stereocenters. The van der Waals surface area contributed by atoms with E-state index in [9.17, 15) is 4.79 Å². The van der Waals surface area contributed by atoms with Crippen LogP contribution in [0.2, 0.25) is 5.02 Å². The van der Waals surface area contributed by atoms with E-state index >= 15 is 0 Å². The molecule has 118 valence electrons. The van der Waals surface area contributed by atoms with Gasteiger partial charge in [-0.25, -0.2) is 4.79 Å². The smallest absolute Gasteiger partial charge is 0.358 e. The van der Waals surface area contributed by atoms with E-state index in [-0.39, 0.29) is 5.84 Å². The minimum atomic E-state index is -0.651. The van der Waals surface area contributed by atoms with Crippen molar-refractivity contribution >= 4 is 29.5 Å². The quantitative estimate of drug-likeness (QED) is 0.300. The largest absolute Gasteiger partial charge is 0.497 e. The minimum Gasteiger partial charge on any atom is -0.497 e. The van der Waals surface area contributed by atoms with Gasteiger partial charge in [-0.2, -0.15) is 0 Å². The van der Waals surface area contributed by atoms with E-state index in [1.807, 2.05) is 6.07 Å². The minimum absolute atomic E-state index is 0.0900. The molecule has 0 saturated carbocycles. The van der Waals surface area contributed by atoms with Gasteiger partial charge in [0.25, 0.3) is 0 Å². The monoisotopic (exact) mass is 330 g/mol. The zero-order chi connectivity index (χ0) is 16.7. The number of halogens is 1. The predicted octanol–water partition coefficient (Wildman–Crippen LogP) is 3.23. The number of nitrogens with two attached hydrogens (primary N) is 1. The lowest BCUT2D eigenvalue weighted by molar-refractivity contribution is -0.137. The van der Waals surface area contributed by atoms with Gasteiger partial charge in [0.05, 0.1) is 7.11 Å². The fraction of sp³-hybridized carbons (Fsp3) is 0.0588. The molecule has 0 bridgehead atoms. The maximum atomic E-state index is 11.6. The highest BCUT2D eigenvalue weighted by Gasteiger charge is 2.02. The highest BCUT2D eigenvalue weighted by Crippen LogP contribution is 2.16. The summed E-state index contributed by atoms with van der Waals surface area (Å²) in [5, 5.41) is 4.14. The standard InChI is InChI=1S/C17H15ClN2O3/c1-22-14-9-6-13(7-10-14)17(19)20-23-16(21)11-8-12-4-2-3-5-15(12)18/h2-11H,1H3,(H2,19,20)/b11-8+. The van der Waals surface area contributed by atoms with E-state index < -0.39 is 5.97 Å². The van der Waals surface area contributed by atoms with Crippen LogP contribution in [0, 0.1) is 0 Å². The predicted molar refractivity (Wildman–Crippen MR) is 90.3 cm³/mol. The van der Waals surface area contributed by atoms with Crippen LogP contribution in [-0.2, 0) is 9.63 Å². The molecule has 0 aliphatic rings. The van der Waals surface area contributed by atoms with Crippen molar-refractivity contribution < 1.29 is 14.4 Å². The average Bonchev–Trinajstić information content (AvgIpc) is 2.59. The number of hydrogen-bond acceptors (Lipinski definition) is 4. The highest BCUT2D eigenvalue weighted by atomic mass is 35.5. The summed E-state index contributed by atoms with van der Waals surface area (Å²) in [6.45, 7) is 0. The van der Waals surface area contributed by atoms with Crippen LogP contribution in [0.5, 0.6) is 5.75 Å². The third-order valence-electron chi connectivity index (χ3n) is 2.92. The lowest BCUT2D eigenvalue weighted by Crippen LogP contribution is -2.14. The van der Waals surface area contributed by atoms with Gasteiger partial charge in [-0.15, -0.1) is 0 Å². The molecule has 0 aromatic heterocycles. The number of oxime groups is 1. The van der Waals surface area contributed by atoms with Crippen molar-refractivity contribution in [2.45, 2.75) is 0 Å². The maximum Gasteiger partial charge on any atom is 0.358 e. The third kappa shape index (κ3) is 4.86. The second-order valence-corrected chi connectivity index (χ2v) is 4.88. The molecule has 2 N–H and O–H groups in total. The Balaban J connectivity index is 1.98. The highest BCUT2D eigenvalue weighted by molar-refractivity contribution is 6.32. The molecule has 0 unspecified atom stereocenters.